The molecule has 0 aliphatic carbocycles. The lowest BCUT2D eigenvalue weighted by Gasteiger charge is -2.35. The van der Waals surface area contributed by atoms with Crippen molar-refractivity contribution in [3.63, 3.8) is 0 Å². The number of methoxy groups -OCH3 is 1. The molecule has 1 saturated heterocycles. The molecule has 2 N–H and O–H groups in total. The number of pyridine rings is 2. The third kappa shape index (κ3) is 4.44. The van der Waals surface area contributed by atoms with E-state index < -0.39 is 0 Å². The van der Waals surface area contributed by atoms with Gasteiger partial charge in [-0.25, -0.2) is 9.78 Å². The molecule has 4 heterocycles. The Morgan fingerprint density at radius 1 is 1.11 bits per heavy atom. The first kappa shape index (κ1) is 22.9. The summed E-state index contributed by atoms with van der Waals surface area (Å²) in [7, 11) is 3.16. The summed E-state index contributed by atoms with van der Waals surface area (Å²) in [6.07, 6.45) is 1.52. The molecule has 10 nitrogen and oxygen atoms in total. The largest absolute Gasteiger partial charge is 0.453 e. The maximum absolute atomic E-state index is 13.2. The summed E-state index contributed by atoms with van der Waals surface area (Å²) in [6, 6.07) is 9.42. The molecule has 0 spiro atoms. The summed E-state index contributed by atoms with van der Waals surface area (Å²) in [5, 5.41) is 0.903. The van der Waals surface area contributed by atoms with Crippen LogP contribution in [0, 0.1) is 0 Å². The summed E-state index contributed by atoms with van der Waals surface area (Å²) in [5.74, 6) is 0.391. The number of anilines is 2. The van der Waals surface area contributed by atoms with E-state index in [9.17, 15) is 9.59 Å². The van der Waals surface area contributed by atoms with Crippen molar-refractivity contribution in [3.8, 4) is 0 Å². The van der Waals surface area contributed by atoms with Crippen LogP contribution in [0.4, 0.5) is 16.3 Å². The highest BCUT2D eigenvalue weighted by atomic mass is 16.5. The lowest BCUT2D eigenvalue weighted by atomic mass is 10.0. The van der Waals surface area contributed by atoms with Gasteiger partial charge < -0.3 is 29.9 Å². The van der Waals surface area contributed by atoms with E-state index in [1.54, 1.807) is 22.9 Å². The number of nitrogens with zero attached hydrogens (tertiary/aromatic N) is 5. The molecule has 3 aromatic rings. The minimum Gasteiger partial charge on any atom is -0.453 e. The Kier molecular flexibility index (Phi) is 6.12. The Morgan fingerprint density at radius 3 is 2.60 bits per heavy atom. The van der Waals surface area contributed by atoms with Gasteiger partial charge in [0.1, 0.15) is 5.82 Å². The number of amides is 2. The van der Waals surface area contributed by atoms with Crippen LogP contribution in [0.5, 0.6) is 0 Å². The fourth-order valence-corrected chi connectivity index (χ4v) is 4.61. The minimum absolute atomic E-state index is 0.0961. The van der Waals surface area contributed by atoms with Crippen molar-refractivity contribution in [1.82, 2.24) is 19.8 Å². The van der Waals surface area contributed by atoms with Crippen molar-refractivity contribution in [3.05, 3.63) is 58.9 Å². The number of benzene rings is 1. The summed E-state index contributed by atoms with van der Waals surface area (Å²) >= 11 is 0. The van der Waals surface area contributed by atoms with Crippen LogP contribution in [0.15, 0.2) is 36.5 Å². The smallest absolute Gasteiger partial charge is 0.409 e. The number of nitrogens with two attached hydrogens (primary N) is 1. The van der Waals surface area contributed by atoms with Crippen LogP contribution < -0.4 is 10.6 Å². The Balaban J connectivity index is 1.25. The Hall–Kier alpha value is -3.92. The lowest BCUT2D eigenvalue weighted by molar-refractivity contribution is 0.0783. The first-order chi connectivity index (χ1) is 16.9. The number of hydrogen-bond acceptors (Lipinski definition) is 8. The quantitative estimate of drug-likeness (QED) is 0.611. The summed E-state index contributed by atoms with van der Waals surface area (Å²) < 4.78 is 10.3. The number of ether oxygens (including phenoxy) is 2. The third-order valence-electron chi connectivity index (χ3n) is 6.61. The highest BCUT2D eigenvalue weighted by molar-refractivity contribution is 5.99. The Bertz CT molecular complexity index is 1270. The van der Waals surface area contributed by atoms with Gasteiger partial charge in [0.2, 0.25) is 0 Å². The van der Waals surface area contributed by atoms with Crippen LogP contribution in [0.2, 0.25) is 0 Å². The molecule has 10 heteroatoms. The number of hydrogen-bond donors (Lipinski definition) is 1. The fraction of sp³-hybridized carbons (Fsp3) is 0.360. The van der Waals surface area contributed by atoms with Gasteiger partial charge in [-0.15, -0.1) is 0 Å². The molecule has 0 atom stereocenters. The molecule has 2 aromatic heterocycles. The van der Waals surface area contributed by atoms with Crippen LogP contribution in [-0.4, -0.2) is 72.1 Å². The van der Waals surface area contributed by atoms with E-state index in [-0.39, 0.29) is 12.0 Å². The minimum atomic E-state index is -0.296. The molecule has 2 amide bonds. The second-order valence-electron chi connectivity index (χ2n) is 8.79. The van der Waals surface area contributed by atoms with Crippen LogP contribution in [0.1, 0.15) is 27.2 Å². The molecule has 2 aliphatic heterocycles. The molecule has 2 aliphatic rings. The summed E-state index contributed by atoms with van der Waals surface area (Å²) in [5.41, 5.74) is 11.1. The fourth-order valence-electron chi connectivity index (χ4n) is 4.61. The SMILES string of the molecule is COC(=O)N1CCN(c2ccc(CN(C)C(=O)c3ccc4nc(N)c5c(c4c3)COC5)nc2)CC1. The maximum atomic E-state index is 13.2. The molecular weight excluding hydrogens is 448 g/mol. The second-order valence-corrected chi connectivity index (χ2v) is 8.79. The topological polar surface area (TPSA) is 114 Å². The lowest BCUT2D eigenvalue weighted by Crippen LogP contribution is -2.48. The van der Waals surface area contributed by atoms with Gasteiger partial charge in [0.05, 0.1) is 50.0 Å². The van der Waals surface area contributed by atoms with Gasteiger partial charge in [0.25, 0.3) is 5.91 Å². The van der Waals surface area contributed by atoms with Gasteiger partial charge in [0, 0.05) is 49.7 Å². The van der Waals surface area contributed by atoms with Crippen molar-refractivity contribution in [2.45, 2.75) is 19.8 Å². The molecule has 0 radical (unpaired) electrons. The number of nitrogen functional groups attached to an aromatic ring is 1. The number of piperazine rings is 1. The van der Waals surface area contributed by atoms with Crippen molar-refractivity contribution in [2.75, 3.05) is 51.0 Å². The zero-order chi connectivity index (χ0) is 24.5. The number of carbonyl (C=O) groups is 2. The highest BCUT2D eigenvalue weighted by Crippen LogP contribution is 2.31. The van der Waals surface area contributed by atoms with Gasteiger partial charge in [-0.1, -0.05) is 0 Å². The number of aromatic nitrogens is 2. The average molecular weight is 477 g/mol. The number of rotatable bonds is 4. The molecule has 1 fully saturated rings. The third-order valence-corrected chi connectivity index (χ3v) is 6.61. The predicted molar refractivity (Wildman–Crippen MR) is 131 cm³/mol. The van der Waals surface area contributed by atoms with Crippen LogP contribution >= 0.6 is 0 Å². The zero-order valence-corrected chi connectivity index (χ0v) is 19.9. The van der Waals surface area contributed by atoms with E-state index in [4.69, 9.17) is 15.2 Å². The molecule has 0 bridgehead atoms. The first-order valence-corrected chi connectivity index (χ1v) is 11.5. The van der Waals surface area contributed by atoms with E-state index in [1.807, 2.05) is 30.5 Å². The Morgan fingerprint density at radius 2 is 1.89 bits per heavy atom. The van der Waals surface area contributed by atoms with Gasteiger partial charge in [0.15, 0.2) is 0 Å². The summed E-state index contributed by atoms with van der Waals surface area (Å²) in [6.45, 7) is 3.94. The molecule has 35 heavy (non-hydrogen) atoms. The average Bonchev–Trinajstić information content (AvgIpc) is 3.39. The Labute approximate surface area is 203 Å². The molecular formula is C25H28N6O4. The molecule has 182 valence electrons. The number of fused-ring (bicyclic) bond motifs is 3. The van der Waals surface area contributed by atoms with E-state index in [0.717, 1.165) is 33.4 Å². The van der Waals surface area contributed by atoms with E-state index in [0.29, 0.717) is 57.3 Å². The first-order valence-electron chi connectivity index (χ1n) is 11.5. The van der Waals surface area contributed by atoms with Crippen LogP contribution in [-0.2, 0) is 29.2 Å². The van der Waals surface area contributed by atoms with Crippen LogP contribution in [0.3, 0.4) is 0 Å². The number of carbonyl (C=O) groups excluding carboxylic acids is 2. The summed E-state index contributed by atoms with van der Waals surface area (Å²) in [4.78, 5) is 39.4. The standard InChI is InChI=1S/C25H28N6O4/c1-29(13-17-4-5-18(12-27-17)30-7-9-31(10-8-30)25(33)34-2)24(32)16-3-6-22-19(11-16)20-14-35-15-21(20)23(26)28-22/h3-6,11-12H,7-10,13-15H2,1-2H3,(H2,26,28). The maximum Gasteiger partial charge on any atom is 0.409 e. The molecule has 0 unspecified atom stereocenters. The predicted octanol–water partition coefficient (Wildman–Crippen LogP) is 2.40. The van der Waals surface area contributed by atoms with Crippen molar-refractivity contribution < 1.29 is 19.1 Å². The molecule has 5 rings (SSSR count). The molecule has 1 aromatic carbocycles. The molecule has 0 saturated carbocycles. The normalized spacial score (nSPS) is 15.3. The van der Waals surface area contributed by atoms with Crippen LogP contribution in [0.25, 0.3) is 10.9 Å². The van der Waals surface area contributed by atoms with E-state index in [2.05, 4.69) is 14.9 Å². The monoisotopic (exact) mass is 476 g/mol. The van der Waals surface area contributed by atoms with Crippen molar-refractivity contribution in [2.24, 2.45) is 0 Å². The van der Waals surface area contributed by atoms with Crippen molar-refractivity contribution >= 4 is 34.4 Å². The van der Waals surface area contributed by atoms with E-state index >= 15 is 0 Å². The highest BCUT2D eigenvalue weighted by Gasteiger charge is 2.23. The van der Waals surface area contributed by atoms with Gasteiger partial charge >= 0.3 is 6.09 Å². The van der Waals surface area contributed by atoms with Gasteiger partial charge in [-0.05, 0) is 35.9 Å². The van der Waals surface area contributed by atoms with E-state index in [1.165, 1.54) is 7.11 Å². The van der Waals surface area contributed by atoms with Crippen molar-refractivity contribution in [1.29, 1.82) is 0 Å². The second kappa shape index (κ2) is 9.38. The van der Waals surface area contributed by atoms with Gasteiger partial charge in [-0.2, -0.15) is 0 Å². The van der Waals surface area contributed by atoms with Gasteiger partial charge in [-0.3, -0.25) is 9.78 Å². The zero-order valence-electron chi connectivity index (χ0n) is 19.9.